The van der Waals surface area contributed by atoms with Crippen LogP contribution in [0.2, 0.25) is 0 Å². The molecule has 0 radical (unpaired) electrons. The number of hydrogen-bond donors (Lipinski definition) is 0. The minimum atomic E-state index is -0.137. The number of rotatable bonds is 7. The summed E-state index contributed by atoms with van der Waals surface area (Å²) in [5.74, 6) is 2.26. The van der Waals surface area contributed by atoms with E-state index in [4.69, 9.17) is 14.5 Å². The molecule has 0 aliphatic heterocycles. The third-order valence-corrected chi connectivity index (χ3v) is 6.74. The molecule has 4 aromatic rings. The van der Waals surface area contributed by atoms with Crippen molar-refractivity contribution in [3.8, 4) is 11.5 Å². The average Bonchev–Trinajstić information content (AvgIpc) is 2.92. The summed E-state index contributed by atoms with van der Waals surface area (Å²) in [5.41, 5.74) is 3.69. The smallest absolute Gasteiger partial charge is 0.282 e. The summed E-state index contributed by atoms with van der Waals surface area (Å²) in [6, 6.07) is 21.4. The van der Waals surface area contributed by atoms with Crippen molar-refractivity contribution in [3.63, 3.8) is 0 Å². The molecule has 1 fully saturated rings. The molecule has 36 heavy (non-hydrogen) atoms. The Morgan fingerprint density at radius 3 is 2.64 bits per heavy atom. The van der Waals surface area contributed by atoms with E-state index in [2.05, 4.69) is 24.2 Å². The van der Waals surface area contributed by atoms with Crippen LogP contribution in [0, 0.1) is 6.92 Å². The van der Waals surface area contributed by atoms with Gasteiger partial charge in [-0.1, -0.05) is 61.2 Å². The summed E-state index contributed by atoms with van der Waals surface area (Å²) in [6.07, 6.45) is 7.28. The molecular weight excluding hydrogens is 450 g/mol. The van der Waals surface area contributed by atoms with E-state index in [-0.39, 0.29) is 11.5 Å². The van der Waals surface area contributed by atoms with E-state index < -0.39 is 0 Å². The maximum atomic E-state index is 13.4. The van der Waals surface area contributed by atoms with Gasteiger partial charge in [-0.3, -0.25) is 4.79 Å². The van der Waals surface area contributed by atoms with Gasteiger partial charge in [0, 0.05) is 5.92 Å². The number of ether oxygens (including phenoxy) is 2. The van der Waals surface area contributed by atoms with Crippen LogP contribution >= 0.6 is 0 Å². The lowest BCUT2D eigenvalue weighted by atomic mass is 9.88. The molecule has 6 heteroatoms. The summed E-state index contributed by atoms with van der Waals surface area (Å²) in [4.78, 5) is 18.3. The van der Waals surface area contributed by atoms with Crippen LogP contribution in [-0.2, 0) is 6.61 Å². The normalized spacial score (nSPS) is 14.4. The first kappa shape index (κ1) is 23.8. The van der Waals surface area contributed by atoms with Crippen molar-refractivity contribution >= 4 is 17.1 Å². The zero-order valence-corrected chi connectivity index (χ0v) is 20.8. The molecule has 1 aliphatic carbocycles. The molecule has 0 saturated heterocycles. The van der Waals surface area contributed by atoms with E-state index >= 15 is 0 Å². The van der Waals surface area contributed by atoms with Gasteiger partial charge in [0.2, 0.25) is 0 Å². The molecule has 5 rings (SSSR count). The van der Waals surface area contributed by atoms with E-state index in [9.17, 15) is 4.79 Å². The van der Waals surface area contributed by atoms with Crippen LogP contribution in [0.5, 0.6) is 11.5 Å². The highest BCUT2D eigenvalue weighted by Crippen LogP contribution is 2.32. The highest BCUT2D eigenvalue weighted by molar-refractivity contribution is 5.81. The molecule has 1 aliphatic rings. The fourth-order valence-corrected chi connectivity index (χ4v) is 4.85. The fraction of sp³-hybridized carbons (Fsp3) is 0.300. The predicted octanol–water partition coefficient (Wildman–Crippen LogP) is 6.22. The molecule has 1 aromatic heterocycles. The van der Waals surface area contributed by atoms with Crippen LogP contribution in [0.1, 0.15) is 60.5 Å². The van der Waals surface area contributed by atoms with E-state index in [1.165, 1.54) is 16.7 Å². The molecule has 0 N–H and O–H groups in total. The number of methoxy groups -OCH3 is 1. The maximum Gasteiger partial charge on any atom is 0.282 e. The SMILES string of the molecule is COc1cc(C=Nn2c(C3CCCCC3)nc3ccccc3c2=O)ccc1OCc1cccc(C)c1. The number of para-hydroxylation sites is 1. The van der Waals surface area contributed by atoms with Gasteiger partial charge < -0.3 is 9.47 Å². The Kier molecular flexibility index (Phi) is 7.12. The third-order valence-electron chi connectivity index (χ3n) is 6.74. The van der Waals surface area contributed by atoms with Crippen molar-refractivity contribution in [3.05, 3.63) is 99.6 Å². The summed E-state index contributed by atoms with van der Waals surface area (Å²) >= 11 is 0. The van der Waals surface area contributed by atoms with E-state index in [1.54, 1.807) is 13.3 Å². The highest BCUT2D eigenvalue weighted by Gasteiger charge is 2.22. The average molecular weight is 482 g/mol. The van der Waals surface area contributed by atoms with Gasteiger partial charge in [-0.25, -0.2) is 4.98 Å². The third kappa shape index (κ3) is 5.18. The second-order valence-electron chi connectivity index (χ2n) is 9.37. The summed E-state index contributed by atoms with van der Waals surface area (Å²) in [5, 5.41) is 5.21. The van der Waals surface area contributed by atoms with Crippen molar-refractivity contribution < 1.29 is 9.47 Å². The molecule has 6 nitrogen and oxygen atoms in total. The first-order valence-corrected chi connectivity index (χ1v) is 12.5. The van der Waals surface area contributed by atoms with Crippen LogP contribution in [0.25, 0.3) is 10.9 Å². The van der Waals surface area contributed by atoms with Crippen molar-refractivity contribution in [1.82, 2.24) is 9.66 Å². The molecule has 0 bridgehead atoms. The van der Waals surface area contributed by atoms with Crippen molar-refractivity contribution in [2.75, 3.05) is 7.11 Å². The Morgan fingerprint density at radius 1 is 1.00 bits per heavy atom. The molecule has 1 saturated carbocycles. The number of aromatic nitrogens is 2. The monoisotopic (exact) mass is 481 g/mol. The Hall–Kier alpha value is -3.93. The van der Waals surface area contributed by atoms with Gasteiger partial charge in [-0.2, -0.15) is 9.78 Å². The van der Waals surface area contributed by atoms with E-state index in [0.717, 1.165) is 48.2 Å². The molecule has 184 valence electrons. The zero-order chi connectivity index (χ0) is 24.9. The number of hydrogen-bond acceptors (Lipinski definition) is 5. The predicted molar refractivity (Wildman–Crippen MR) is 143 cm³/mol. The molecular formula is C30H31N3O3. The zero-order valence-electron chi connectivity index (χ0n) is 20.8. The van der Waals surface area contributed by atoms with Gasteiger partial charge in [0.05, 0.1) is 24.2 Å². The minimum Gasteiger partial charge on any atom is -0.493 e. The first-order chi connectivity index (χ1) is 17.6. The van der Waals surface area contributed by atoms with Crippen LogP contribution in [0.15, 0.2) is 76.6 Å². The maximum absolute atomic E-state index is 13.4. The highest BCUT2D eigenvalue weighted by atomic mass is 16.5. The Balaban J connectivity index is 1.44. The van der Waals surface area contributed by atoms with E-state index in [1.807, 2.05) is 54.6 Å². The number of nitrogens with zero attached hydrogens (tertiary/aromatic N) is 3. The van der Waals surface area contributed by atoms with E-state index in [0.29, 0.717) is 23.5 Å². The Morgan fingerprint density at radius 2 is 1.83 bits per heavy atom. The van der Waals surface area contributed by atoms with Crippen LogP contribution < -0.4 is 15.0 Å². The first-order valence-electron chi connectivity index (χ1n) is 12.5. The number of benzene rings is 3. The molecule has 0 atom stereocenters. The Labute approximate surface area is 211 Å². The van der Waals surface area contributed by atoms with Crippen molar-refractivity contribution in [2.45, 2.75) is 51.6 Å². The number of aryl methyl sites for hydroxylation is 1. The summed E-state index contributed by atoms with van der Waals surface area (Å²) < 4.78 is 13.1. The summed E-state index contributed by atoms with van der Waals surface area (Å²) in [6.45, 7) is 2.52. The second kappa shape index (κ2) is 10.8. The topological polar surface area (TPSA) is 65.7 Å². The largest absolute Gasteiger partial charge is 0.493 e. The van der Waals surface area contributed by atoms with Gasteiger partial charge in [0.25, 0.3) is 5.56 Å². The van der Waals surface area contributed by atoms with Gasteiger partial charge in [0.1, 0.15) is 12.4 Å². The van der Waals surface area contributed by atoms with Crippen molar-refractivity contribution in [1.29, 1.82) is 0 Å². The lowest BCUT2D eigenvalue weighted by Crippen LogP contribution is -2.25. The molecule has 0 unspecified atom stereocenters. The minimum absolute atomic E-state index is 0.137. The van der Waals surface area contributed by atoms with Gasteiger partial charge in [0.15, 0.2) is 11.5 Å². The van der Waals surface area contributed by atoms with Gasteiger partial charge in [-0.05, 0) is 61.2 Å². The fourth-order valence-electron chi connectivity index (χ4n) is 4.85. The van der Waals surface area contributed by atoms with Crippen LogP contribution in [-0.4, -0.2) is 23.0 Å². The lowest BCUT2D eigenvalue weighted by molar-refractivity contribution is 0.284. The van der Waals surface area contributed by atoms with Crippen molar-refractivity contribution in [2.24, 2.45) is 5.10 Å². The van der Waals surface area contributed by atoms with Crippen LogP contribution in [0.3, 0.4) is 0 Å². The quantitative estimate of drug-likeness (QED) is 0.294. The molecule has 0 amide bonds. The Bertz CT molecular complexity index is 1450. The van der Waals surface area contributed by atoms with Gasteiger partial charge >= 0.3 is 0 Å². The number of fused-ring (bicyclic) bond motifs is 1. The molecule has 0 spiro atoms. The van der Waals surface area contributed by atoms with Gasteiger partial charge in [-0.15, -0.1) is 0 Å². The standard InChI is InChI=1S/C30H31N3O3/c1-21-9-8-10-23(17-21)20-36-27-16-15-22(18-28(27)35-2)19-31-33-29(24-11-4-3-5-12-24)32-26-14-7-6-13-25(26)30(33)34/h6-10,13-19,24H,3-5,11-12,20H2,1-2H3. The van der Waals surface area contributed by atoms with Crippen LogP contribution in [0.4, 0.5) is 0 Å². The summed E-state index contributed by atoms with van der Waals surface area (Å²) in [7, 11) is 1.62. The molecule has 1 heterocycles. The molecule has 3 aromatic carbocycles. The lowest BCUT2D eigenvalue weighted by Gasteiger charge is -2.22. The second-order valence-corrected chi connectivity index (χ2v) is 9.37.